The van der Waals surface area contributed by atoms with Crippen LogP contribution in [-0.4, -0.2) is 45.8 Å². The number of unbranched alkanes of at least 4 members (excludes halogenated alkanes) is 1. The molecule has 3 rings (SSSR count). The quantitative estimate of drug-likeness (QED) is 0.310. The first-order chi connectivity index (χ1) is 13.9. The Morgan fingerprint density at radius 1 is 1.45 bits per heavy atom. The molecule has 0 amide bonds. The molecule has 0 aliphatic carbocycles. The van der Waals surface area contributed by atoms with E-state index in [2.05, 4.69) is 21.8 Å². The van der Waals surface area contributed by atoms with E-state index in [9.17, 15) is 10.1 Å². The number of ether oxygens (including phenoxy) is 3. The second-order valence-electron chi connectivity index (χ2n) is 6.40. The molecule has 1 aromatic heterocycles. The maximum absolute atomic E-state index is 10.5. The lowest BCUT2D eigenvalue weighted by atomic mass is 10.1. The topological polar surface area (TPSA) is 111 Å². The summed E-state index contributed by atoms with van der Waals surface area (Å²) < 4.78 is 19.2. The molecule has 1 aromatic carbocycles. The van der Waals surface area contributed by atoms with E-state index < -0.39 is 16.9 Å². The monoisotopic (exact) mass is 446 g/mol. The first-order valence-electron chi connectivity index (χ1n) is 8.98. The van der Waals surface area contributed by atoms with Crippen LogP contribution in [0.4, 0.5) is 0 Å². The van der Waals surface area contributed by atoms with Gasteiger partial charge in [-0.1, -0.05) is 42.6 Å². The second-order valence-corrected chi connectivity index (χ2v) is 7.24. The van der Waals surface area contributed by atoms with Crippen LogP contribution in [0.2, 0.25) is 10.0 Å². The molecular weight excluding hydrogens is 427 g/mol. The minimum Gasteiger partial charge on any atom is -0.379 e. The standard InChI is InChI=1S/C17H20Cl2N4O6/c1-2-3-6-26-8-13-9-27-17(28-13,14-5-4-12(18)7-15(14)19)10-22-11-20-16(21-22)29-23(24)25/h4-5,7,11,13H,2-3,6,8-10H2,1H3. The molecule has 2 heterocycles. The Bertz CT molecular complexity index is 851. The average molecular weight is 447 g/mol. The van der Waals surface area contributed by atoms with Crippen LogP contribution in [0.5, 0.6) is 6.01 Å². The van der Waals surface area contributed by atoms with Gasteiger partial charge in [0.1, 0.15) is 19.0 Å². The van der Waals surface area contributed by atoms with Gasteiger partial charge in [-0.25, -0.2) is 9.52 Å². The van der Waals surface area contributed by atoms with Gasteiger partial charge in [-0.15, -0.1) is 15.2 Å². The predicted octanol–water partition coefficient (Wildman–Crippen LogP) is 3.24. The van der Waals surface area contributed by atoms with Crippen LogP contribution in [0.3, 0.4) is 0 Å². The number of halogens is 2. The fourth-order valence-corrected chi connectivity index (χ4v) is 3.44. The van der Waals surface area contributed by atoms with Crippen LogP contribution in [0.25, 0.3) is 0 Å². The van der Waals surface area contributed by atoms with Crippen molar-refractivity contribution in [2.75, 3.05) is 19.8 Å². The highest BCUT2D eigenvalue weighted by Crippen LogP contribution is 2.40. The molecule has 2 atom stereocenters. The van der Waals surface area contributed by atoms with E-state index in [1.54, 1.807) is 18.2 Å². The lowest BCUT2D eigenvalue weighted by Gasteiger charge is -2.29. The Kier molecular flexibility index (Phi) is 7.25. The fraction of sp³-hybridized carbons (Fsp3) is 0.529. The zero-order chi connectivity index (χ0) is 20.9. The maximum Gasteiger partial charge on any atom is 0.327 e. The molecule has 158 valence electrons. The van der Waals surface area contributed by atoms with Crippen LogP contribution in [0.1, 0.15) is 25.3 Å². The van der Waals surface area contributed by atoms with Gasteiger partial charge in [0.05, 0.1) is 18.2 Å². The van der Waals surface area contributed by atoms with Gasteiger partial charge in [0.15, 0.2) is 0 Å². The zero-order valence-electron chi connectivity index (χ0n) is 15.6. The van der Waals surface area contributed by atoms with E-state index in [-0.39, 0.29) is 19.3 Å². The number of benzene rings is 1. The Hall–Kier alpha value is -1.98. The van der Waals surface area contributed by atoms with Crippen molar-refractivity contribution in [2.45, 2.75) is 38.2 Å². The summed E-state index contributed by atoms with van der Waals surface area (Å²) in [6.07, 6.45) is 2.95. The molecule has 1 saturated heterocycles. The van der Waals surface area contributed by atoms with E-state index >= 15 is 0 Å². The van der Waals surface area contributed by atoms with Crippen LogP contribution >= 0.6 is 23.2 Å². The molecule has 0 bridgehead atoms. The summed E-state index contributed by atoms with van der Waals surface area (Å²) in [7, 11) is 0. The zero-order valence-corrected chi connectivity index (χ0v) is 17.1. The number of hydrogen-bond acceptors (Lipinski definition) is 8. The van der Waals surface area contributed by atoms with Crippen molar-refractivity contribution in [3.8, 4) is 6.01 Å². The molecule has 0 N–H and O–H groups in total. The minimum absolute atomic E-state index is 0.0356. The van der Waals surface area contributed by atoms with Gasteiger partial charge in [-0.3, -0.25) is 0 Å². The van der Waals surface area contributed by atoms with E-state index in [0.29, 0.717) is 28.8 Å². The summed E-state index contributed by atoms with van der Waals surface area (Å²) in [5, 5.41) is 14.2. The molecule has 0 saturated carbocycles. The maximum atomic E-state index is 10.5. The van der Waals surface area contributed by atoms with E-state index in [1.807, 2.05) is 0 Å². The van der Waals surface area contributed by atoms with E-state index in [4.69, 9.17) is 37.4 Å². The predicted molar refractivity (Wildman–Crippen MR) is 102 cm³/mol. The summed E-state index contributed by atoms with van der Waals surface area (Å²) >= 11 is 12.4. The third-order valence-electron chi connectivity index (χ3n) is 4.19. The van der Waals surface area contributed by atoms with Gasteiger partial charge >= 0.3 is 11.1 Å². The van der Waals surface area contributed by atoms with Gasteiger partial charge in [-0.2, -0.15) is 4.98 Å². The van der Waals surface area contributed by atoms with Gasteiger partial charge in [0, 0.05) is 17.2 Å². The lowest BCUT2D eigenvalue weighted by molar-refractivity contribution is -0.713. The van der Waals surface area contributed by atoms with Crippen molar-refractivity contribution in [1.82, 2.24) is 14.8 Å². The molecule has 2 unspecified atom stereocenters. The van der Waals surface area contributed by atoms with Crippen LogP contribution in [0, 0.1) is 10.1 Å². The van der Waals surface area contributed by atoms with E-state index in [0.717, 1.165) is 12.8 Å². The molecule has 2 aromatic rings. The molecule has 0 spiro atoms. The summed E-state index contributed by atoms with van der Waals surface area (Å²) in [5.41, 5.74) is 0.548. The number of nitrogens with zero attached hydrogens (tertiary/aromatic N) is 4. The van der Waals surface area contributed by atoms with E-state index in [1.165, 1.54) is 11.0 Å². The highest BCUT2D eigenvalue weighted by atomic mass is 35.5. The normalized spacial score (nSPS) is 21.4. The molecule has 1 aliphatic rings. The molecule has 12 heteroatoms. The van der Waals surface area contributed by atoms with Crippen LogP contribution in [-0.2, 0) is 26.5 Å². The molecular formula is C17H20Cl2N4O6. The first kappa shape index (κ1) is 21.7. The Labute approximate surface area is 176 Å². The third kappa shape index (κ3) is 5.55. The second kappa shape index (κ2) is 9.68. The number of hydrogen-bond donors (Lipinski definition) is 0. The largest absolute Gasteiger partial charge is 0.379 e. The fourth-order valence-electron chi connectivity index (χ4n) is 2.89. The van der Waals surface area contributed by atoms with Crippen molar-refractivity contribution in [3.05, 3.63) is 50.2 Å². The highest BCUT2D eigenvalue weighted by Gasteiger charge is 2.45. The minimum atomic E-state index is -1.29. The summed E-state index contributed by atoms with van der Waals surface area (Å²) in [5.74, 6) is -1.29. The van der Waals surface area contributed by atoms with Gasteiger partial charge < -0.3 is 14.2 Å². The van der Waals surface area contributed by atoms with Crippen molar-refractivity contribution >= 4 is 23.2 Å². The van der Waals surface area contributed by atoms with Crippen molar-refractivity contribution in [2.24, 2.45) is 0 Å². The summed E-state index contributed by atoms with van der Waals surface area (Å²) in [6, 6.07) is 4.56. The summed E-state index contributed by atoms with van der Waals surface area (Å²) in [4.78, 5) is 18.5. The van der Waals surface area contributed by atoms with Crippen LogP contribution < -0.4 is 4.84 Å². The first-order valence-corrected chi connectivity index (χ1v) is 9.74. The SMILES string of the molecule is CCCCOCC1COC(Cn2cnc(O[N+](=O)[O-])n2)(c2ccc(Cl)cc2Cl)O1. The molecule has 1 fully saturated rings. The lowest BCUT2D eigenvalue weighted by Crippen LogP contribution is -2.35. The van der Waals surface area contributed by atoms with Crippen molar-refractivity contribution in [1.29, 1.82) is 0 Å². The Morgan fingerprint density at radius 2 is 2.28 bits per heavy atom. The van der Waals surface area contributed by atoms with Gasteiger partial charge in [-0.05, 0) is 18.6 Å². The van der Waals surface area contributed by atoms with Crippen molar-refractivity contribution < 1.29 is 24.1 Å². The smallest absolute Gasteiger partial charge is 0.327 e. The van der Waals surface area contributed by atoms with Crippen LogP contribution in [0.15, 0.2) is 24.5 Å². The molecule has 10 nitrogen and oxygen atoms in total. The van der Waals surface area contributed by atoms with Gasteiger partial charge in [0.2, 0.25) is 5.79 Å². The van der Waals surface area contributed by atoms with Gasteiger partial charge in [0.25, 0.3) is 0 Å². The molecule has 29 heavy (non-hydrogen) atoms. The molecule has 1 aliphatic heterocycles. The Balaban J connectivity index is 1.81. The van der Waals surface area contributed by atoms with Crippen molar-refractivity contribution in [3.63, 3.8) is 0 Å². The highest BCUT2D eigenvalue weighted by molar-refractivity contribution is 6.35. The third-order valence-corrected chi connectivity index (χ3v) is 4.74. The summed E-state index contributed by atoms with van der Waals surface area (Å²) in [6.45, 7) is 3.39. The number of aromatic nitrogens is 3. The molecule has 0 radical (unpaired) electrons. The number of rotatable bonds is 10. The Morgan fingerprint density at radius 3 is 3.00 bits per heavy atom. The average Bonchev–Trinajstić information content (AvgIpc) is 3.26.